The summed E-state index contributed by atoms with van der Waals surface area (Å²) in [6, 6.07) is 21.6. The van der Waals surface area contributed by atoms with Gasteiger partial charge in [-0.3, -0.25) is 0 Å². The van der Waals surface area contributed by atoms with Crippen molar-refractivity contribution in [2.45, 2.75) is 89.6 Å². The van der Waals surface area contributed by atoms with E-state index in [1.165, 1.54) is 11.1 Å². The number of nitrogens with zero attached hydrogens (tertiary/aromatic N) is 2. The molecule has 5 aliphatic rings. The van der Waals surface area contributed by atoms with Crippen molar-refractivity contribution in [1.29, 1.82) is 10.5 Å². The van der Waals surface area contributed by atoms with Crippen molar-refractivity contribution >= 4 is 25.2 Å². The van der Waals surface area contributed by atoms with Crippen molar-refractivity contribution in [3.63, 3.8) is 0 Å². The van der Waals surface area contributed by atoms with E-state index in [-0.39, 0.29) is 11.8 Å². The summed E-state index contributed by atoms with van der Waals surface area (Å²) in [5.41, 5.74) is 7.41. The van der Waals surface area contributed by atoms with E-state index in [1.807, 2.05) is 67.5 Å². The van der Waals surface area contributed by atoms with Gasteiger partial charge in [-0.15, -0.1) is 0 Å². The third-order valence-electron chi connectivity index (χ3n) is 10.6. The maximum Gasteiger partial charge on any atom is 0.496 e. The predicted octanol–water partition coefficient (Wildman–Crippen LogP) is 5.02. The van der Waals surface area contributed by atoms with Crippen LogP contribution in [0.5, 0.6) is 0 Å². The van der Waals surface area contributed by atoms with E-state index in [0.717, 1.165) is 33.2 Å². The topological polar surface area (TPSA) is 84.5 Å². The minimum Gasteiger partial charge on any atom is -0.399 e. The van der Waals surface area contributed by atoms with Crippen LogP contribution in [0.1, 0.15) is 112 Å². The molecular weight excluding hydrogens is 522 g/mol. The Morgan fingerprint density at radius 1 is 0.524 bits per heavy atom. The van der Waals surface area contributed by atoms with E-state index in [0.29, 0.717) is 11.1 Å². The summed E-state index contributed by atoms with van der Waals surface area (Å²) in [7, 11) is -1.29. The highest BCUT2D eigenvalue weighted by Crippen LogP contribution is 2.56. The molecule has 0 N–H and O–H groups in total. The van der Waals surface area contributed by atoms with Gasteiger partial charge in [0.15, 0.2) is 0 Å². The van der Waals surface area contributed by atoms with Gasteiger partial charge >= 0.3 is 14.2 Å². The molecule has 0 aromatic heterocycles. The molecule has 0 unspecified atom stereocenters. The smallest absolute Gasteiger partial charge is 0.399 e. The molecule has 6 nitrogen and oxygen atoms in total. The molecule has 0 atom stereocenters. The van der Waals surface area contributed by atoms with Crippen molar-refractivity contribution in [3.8, 4) is 12.1 Å². The van der Waals surface area contributed by atoms with Gasteiger partial charge in [0.05, 0.1) is 45.7 Å². The first-order valence-electron chi connectivity index (χ1n) is 14.7. The van der Waals surface area contributed by atoms with Crippen LogP contribution < -0.4 is 10.9 Å². The Bertz CT molecular complexity index is 1630. The van der Waals surface area contributed by atoms with E-state index < -0.39 is 36.6 Å². The third kappa shape index (κ3) is 3.60. The van der Waals surface area contributed by atoms with Crippen LogP contribution in [-0.4, -0.2) is 36.6 Å². The molecule has 0 radical (unpaired) electrons. The van der Waals surface area contributed by atoms with Crippen LogP contribution in [0.3, 0.4) is 0 Å². The number of benzene rings is 3. The van der Waals surface area contributed by atoms with Crippen LogP contribution in [0.4, 0.5) is 0 Å². The molecule has 210 valence electrons. The molecule has 0 saturated carbocycles. The van der Waals surface area contributed by atoms with Gasteiger partial charge in [0.25, 0.3) is 0 Å². The average molecular weight is 556 g/mol. The second-order valence-corrected chi connectivity index (χ2v) is 14.0. The lowest BCUT2D eigenvalue weighted by Crippen LogP contribution is -2.41. The molecule has 2 bridgehead atoms. The van der Waals surface area contributed by atoms with E-state index in [9.17, 15) is 10.5 Å². The zero-order valence-corrected chi connectivity index (χ0v) is 25.5. The summed E-state index contributed by atoms with van der Waals surface area (Å²) in [6.45, 7) is 16.2. The fraction of sp³-hybridized carbons (Fsp3) is 0.412. The van der Waals surface area contributed by atoms with Gasteiger partial charge < -0.3 is 18.6 Å². The highest BCUT2D eigenvalue weighted by Gasteiger charge is 2.55. The Morgan fingerprint density at radius 3 is 1.14 bits per heavy atom. The Morgan fingerprint density at radius 2 is 0.833 bits per heavy atom. The second-order valence-electron chi connectivity index (χ2n) is 14.0. The van der Waals surface area contributed by atoms with Crippen molar-refractivity contribution in [2.75, 3.05) is 0 Å². The number of nitriles is 2. The Hall–Kier alpha value is -3.39. The molecule has 2 saturated heterocycles. The Kier molecular flexibility index (Phi) is 5.61. The van der Waals surface area contributed by atoms with E-state index in [1.54, 1.807) is 0 Å². The van der Waals surface area contributed by atoms with Crippen molar-refractivity contribution < 1.29 is 18.6 Å². The van der Waals surface area contributed by atoms with Crippen LogP contribution in [0.2, 0.25) is 0 Å². The van der Waals surface area contributed by atoms with Gasteiger partial charge in [0, 0.05) is 22.8 Å². The lowest BCUT2D eigenvalue weighted by Gasteiger charge is -2.43. The summed E-state index contributed by atoms with van der Waals surface area (Å²) in [5, 5.41) is 20.6. The molecule has 8 heteroatoms. The fourth-order valence-corrected chi connectivity index (χ4v) is 6.87. The summed E-state index contributed by atoms with van der Waals surface area (Å²) in [6.07, 6.45) is 0. The van der Waals surface area contributed by atoms with E-state index in [4.69, 9.17) is 18.6 Å². The molecule has 3 aromatic carbocycles. The first kappa shape index (κ1) is 27.4. The minimum absolute atomic E-state index is 0.0842. The minimum atomic E-state index is -0.647. The number of rotatable bonds is 2. The molecule has 42 heavy (non-hydrogen) atoms. The summed E-state index contributed by atoms with van der Waals surface area (Å²) in [5.74, 6) is -0.186. The average Bonchev–Trinajstić information content (AvgIpc) is 3.30. The zero-order chi connectivity index (χ0) is 30.0. The third-order valence-corrected chi connectivity index (χ3v) is 10.6. The van der Waals surface area contributed by atoms with Crippen LogP contribution in [-0.2, 0) is 18.6 Å². The summed E-state index contributed by atoms with van der Waals surface area (Å²) >= 11 is 0. The zero-order valence-electron chi connectivity index (χ0n) is 25.5. The van der Waals surface area contributed by atoms with Crippen molar-refractivity contribution in [1.82, 2.24) is 0 Å². The van der Waals surface area contributed by atoms with Gasteiger partial charge in [-0.05, 0) is 101 Å². The fourth-order valence-electron chi connectivity index (χ4n) is 6.87. The maximum absolute atomic E-state index is 10.3. The lowest BCUT2D eigenvalue weighted by atomic mass is 9.58. The monoisotopic (exact) mass is 556 g/mol. The second kappa shape index (κ2) is 8.59. The van der Waals surface area contributed by atoms with Gasteiger partial charge in [-0.1, -0.05) is 36.4 Å². The molecule has 2 fully saturated rings. The first-order chi connectivity index (χ1) is 19.7. The molecule has 8 rings (SSSR count). The Balaban J connectivity index is 1.42. The molecule has 0 spiro atoms. The standard InChI is InChI=1S/C34H34B2N2O4/c1-31(2)32(3,4)40-35(39-31)27-15-25-23(13-19(27)17-37)29-21-11-9-10-12-22(21)30(25)26-16-28(20(18-38)14-24(26)29)36-41-33(5,6)34(7,8)42-36/h9-16,29-30H,1-8H3. The van der Waals surface area contributed by atoms with Gasteiger partial charge in [0.1, 0.15) is 0 Å². The molecule has 3 aliphatic carbocycles. The molecule has 2 aliphatic heterocycles. The highest BCUT2D eigenvalue weighted by atomic mass is 16.7. The Labute approximate surface area is 248 Å². The first-order valence-corrected chi connectivity index (χ1v) is 14.7. The van der Waals surface area contributed by atoms with Crippen LogP contribution in [0.15, 0.2) is 48.5 Å². The van der Waals surface area contributed by atoms with Crippen LogP contribution in [0.25, 0.3) is 0 Å². The summed E-state index contributed by atoms with van der Waals surface area (Å²) < 4.78 is 25.7. The lowest BCUT2D eigenvalue weighted by molar-refractivity contribution is 0.00578. The van der Waals surface area contributed by atoms with Gasteiger partial charge in [-0.25, -0.2) is 0 Å². The molecule has 0 amide bonds. The highest BCUT2D eigenvalue weighted by molar-refractivity contribution is 6.63. The summed E-state index contributed by atoms with van der Waals surface area (Å²) in [4.78, 5) is 0. The predicted molar refractivity (Wildman–Crippen MR) is 162 cm³/mol. The van der Waals surface area contributed by atoms with E-state index in [2.05, 4.69) is 48.5 Å². The van der Waals surface area contributed by atoms with Crippen LogP contribution >= 0.6 is 0 Å². The van der Waals surface area contributed by atoms with Crippen molar-refractivity contribution in [3.05, 3.63) is 93.0 Å². The normalized spacial score (nSPS) is 24.9. The maximum atomic E-state index is 10.3. The van der Waals surface area contributed by atoms with Crippen LogP contribution in [0, 0.1) is 22.7 Å². The SMILES string of the molecule is CC1(C)OB(c2cc3c(cc2C#N)C2c4ccccc4C3c3cc(B4OC(C)(C)C(C)(C)O4)c(C#N)cc32)OC1(C)C. The molecular formula is C34H34B2N2O4. The van der Waals surface area contributed by atoms with E-state index >= 15 is 0 Å². The number of hydrogen-bond acceptors (Lipinski definition) is 6. The molecule has 2 heterocycles. The molecule has 3 aromatic rings. The van der Waals surface area contributed by atoms with Gasteiger partial charge in [-0.2, -0.15) is 10.5 Å². The van der Waals surface area contributed by atoms with Gasteiger partial charge in [0.2, 0.25) is 0 Å². The number of hydrogen-bond donors (Lipinski definition) is 0. The largest absolute Gasteiger partial charge is 0.496 e. The quantitative estimate of drug-likeness (QED) is 0.284. The van der Waals surface area contributed by atoms with Crippen molar-refractivity contribution in [2.24, 2.45) is 0 Å².